The molecule has 0 saturated carbocycles. The number of oxazole rings is 1. The van der Waals surface area contributed by atoms with E-state index in [1.165, 1.54) is 0 Å². The molecular weight excluding hydrogens is 462 g/mol. The summed E-state index contributed by atoms with van der Waals surface area (Å²) >= 11 is 10.4. The third-order valence-corrected chi connectivity index (χ3v) is 4.95. The van der Waals surface area contributed by atoms with Crippen LogP contribution in [0.5, 0.6) is 0 Å². The van der Waals surface area contributed by atoms with Crippen molar-refractivity contribution in [2.75, 3.05) is 0 Å². The van der Waals surface area contributed by atoms with Crippen LogP contribution in [0.25, 0.3) is 33.8 Å². The molecule has 2 aromatic heterocycles. The molecule has 2 heterocycles. The Morgan fingerprint density at radius 3 is 1.87 bits per heavy atom. The standard InChI is InChI=1S/C13H9NOS.C11H9NS.Zn/c16-12-8-4-1-5-9(12)13-14-10-6-2-3-7-11(10)15-13;13-11-7-2-1-5-9(11)10-6-3-4-8-12-10;/h1-8,16H;1-8,13H;/q;;+2/p-2. The molecule has 30 heavy (non-hydrogen) atoms. The van der Waals surface area contributed by atoms with Crippen molar-refractivity contribution in [2.45, 2.75) is 9.79 Å². The van der Waals surface area contributed by atoms with E-state index in [1.807, 2.05) is 91.0 Å². The molecule has 0 aliphatic heterocycles. The van der Waals surface area contributed by atoms with Crippen molar-refractivity contribution < 1.29 is 23.9 Å². The van der Waals surface area contributed by atoms with Gasteiger partial charge < -0.3 is 29.7 Å². The summed E-state index contributed by atoms with van der Waals surface area (Å²) in [4.78, 5) is 10.3. The Balaban J connectivity index is 0.000000169. The van der Waals surface area contributed by atoms with E-state index in [1.54, 1.807) is 6.20 Å². The second-order valence-corrected chi connectivity index (χ2v) is 7.07. The van der Waals surface area contributed by atoms with E-state index in [0.29, 0.717) is 5.89 Å². The number of fused-ring (bicyclic) bond motifs is 1. The molecule has 6 heteroatoms. The fourth-order valence-corrected chi connectivity index (χ4v) is 3.32. The van der Waals surface area contributed by atoms with Crippen molar-refractivity contribution >= 4 is 36.4 Å². The van der Waals surface area contributed by atoms with Gasteiger partial charge in [-0.25, -0.2) is 4.98 Å². The van der Waals surface area contributed by atoms with Crippen LogP contribution in [-0.4, -0.2) is 9.97 Å². The molecule has 5 aromatic rings. The van der Waals surface area contributed by atoms with Gasteiger partial charge in [0.1, 0.15) is 5.52 Å². The Kier molecular flexibility index (Phi) is 7.64. The molecule has 0 aliphatic rings. The summed E-state index contributed by atoms with van der Waals surface area (Å²) in [5.74, 6) is 0.590. The quantitative estimate of drug-likeness (QED) is 0.228. The molecule has 0 fully saturated rings. The van der Waals surface area contributed by atoms with Crippen LogP contribution in [0.1, 0.15) is 0 Å². The molecule has 0 N–H and O–H groups in total. The SMILES string of the molecule is [S-]c1ccccc1-c1ccccn1.[S-]c1ccccc1-c1nc2ccccc2o1.[Zn+2]. The van der Waals surface area contributed by atoms with Gasteiger partial charge in [-0.05, 0) is 29.8 Å². The predicted octanol–water partition coefficient (Wildman–Crippen LogP) is 6.05. The molecule has 3 aromatic carbocycles. The van der Waals surface area contributed by atoms with Gasteiger partial charge in [-0.15, -0.1) is 0 Å². The second-order valence-electron chi connectivity index (χ2n) is 6.19. The molecule has 0 bridgehead atoms. The Morgan fingerprint density at radius 2 is 1.23 bits per heavy atom. The molecule has 0 unspecified atom stereocenters. The van der Waals surface area contributed by atoms with Crippen molar-refractivity contribution in [2.24, 2.45) is 0 Å². The smallest absolute Gasteiger partial charge is 0.779 e. The summed E-state index contributed by atoms with van der Waals surface area (Å²) in [6, 6.07) is 29.0. The number of rotatable bonds is 2. The van der Waals surface area contributed by atoms with Gasteiger partial charge in [0.05, 0.1) is 5.69 Å². The van der Waals surface area contributed by atoms with E-state index in [0.717, 1.165) is 37.7 Å². The Labute approximate surface area is 199 Å². The molecule has 0 aliphatic carbocycles. The average Bonchev–Trinajstić information content (AvgIpc) is 3.19. The molecule has 5 rings (SSSR count). The molecular formula is C24H16N2OS2Zn. The van der Waals surface area contributed by atoms with Crippen LogP contribution in [0.15, 0.2) is 111 Å². The van der Waals surface area contributed by atoms with Crippen LogP contribution in [-0.2, 0) is 44.7 Å². The van der Waals surface area contributed by atoms with Gasteiger partial charge >= 0.3 is 19.5 Å². The first kappa shape index (κ1) is 22.0. The maximum absolute atomic E-state index is 5.66. The first-order chi connectivity index (χ1) is 14.2. The van der Waals surface area contributed by atoms with E-state index in [2.05, 4.69) is 9.97 Å². The van der Waals surface area contributed by atoms with Gasteiger partial charge in [0.15, 0.2) is 5.58 Å². The third-order valence-electron chi connectivity index (χ3n) is 4.24. The summed E-state index contributed by atoms with van der Waals surface area (Å²) in [5, 5.41) is 0. The molecule has 0 atom stereocenters. The van der Waals surface area contributed by atoms with Crippen molar-refractivity contribution in [3.63, 3.8) is 0 Å². The number of para-hydroxylation sites is 2. The summed E-state index contributed by atoms with van der Waals surface area (Å²) in [7, 11) is 0. The largest absolute Gasteiger partial charge is 2.00 e. The van der Waals surface area contributed by atoms with Gasteiger partial charge in [-0.3, -0.25) is 4.98 Å². The molecule has 0 amide bonds. The van der Waals surface area contributed by atoms with Gasteiger partial charge in [0.25, 0.3) is 0 Å². The normalized spacial score (nSPS) is 10.0. The van der Waals surface area contributed by atoms with E-state index < -0.39 is 0 Å². The molecule has 142 valence electrons. The second kappa shape index (κ2) is 10.4. The minimum atomic E-state index is 0. The first-order valence-electron chi connectivity index (χ1n) is 9.02. The van der Waals surface area contributed by atoms with Crippen molar-refractivity contribution in [3.8, 4) is 22.7 Å². The van der Waals surface area contributed by atoms with Gasteiger partial charge in [-0.1, -0.05) is 66.7 Å². The number of aromatic nitrogens is 2. The first-order valence-corrected chi connectivity index (χ1v) is 9.83. The van der Waals surface area contributed by atoms with Crippen molar-refractivity contribution in [1.82, 2.24) is 9.97 Å². The summed E-state index contributed by atoms with van der Waals surface area (Å²) < 4.78 is 5.66. The van der Waals surface area contributed by atoms with Crippen LogP contribution >= 0.6 is 0 Å². The van der Waals surface area contributed by atoms with Crippen molar-refractivity contribution in [1.29, 1.82) is 0 Å². The predicted molar refractivity (Wildman–Crippen MR) is 120 cm³/mol. The summed E-state index contributed by atoms with van der Waals surface area (Å²) in [5.41, 5.74) is 4.48. The zero-order chi connectivity index (χ0) is 20.1. The zero-order valence-corrected chi connectivity index (χ0v) is 20.7. The average molecular weight is 478 g/mol. The Hall–Kier alpha value is -2.66. The topological polar surface area (TPSA) is 38.9 Å². The maximum atomic E-state index is 5.66. The maximum Gasteiger partial charge on any atom is 2.00 e. The van der Waals surface area contributed by atoms with Crippen LogP contribution in [0.4, 0.5) is 0 Å². The number of nitrogens with zero attached hydrogens (tertiary/aromatic N) is 2. The Bertz CT molecular complexity index is 1210. The van der Waals surface area contributed by atoms with Crippen LogP contribution in [0.2, 0.25) is 0 Å². The number of hydrogen-bond acceptors (Lipinski definition) is 5. The summed E-state index contributed by atoms with van der Waals surface area (Å²) in [6.07, 6.45) is 1.77. The minimum Gasteiger partial charge on any atom is -0.779 e. The zero-order valence-electron chi connectivity index (χ0n) is 16.1. The monoisotopic (exact) mass is 476 g/mol. The Morgan fingerprint density at radius 1 is 0.633 bits per heavy atom. The van der Waals surface area contributed by atoms with Crippen LogP contribution < -0.4 is 0 Å². The molecule has 0 saturated heterocycles. The fourth-order valence-electron chi connectivity index (χ4n) is 2.83. The van der Waals surface area contributed by atoms with E-state index in [-0.39, 0.29) is 19.5 Å². The van der Waals surface area contributed by atoms with Crippen LogP contribution in [0.3, 0.4) is 0 Å². The van der Waals surface area contributed by atoms with Gasteiger partial charge in [0.2, 0.25) is 5.89 Å². The van der Waals surface area contributed by atoms with E-state index in [4.69, 9.17) is 29.7 Å². The van der Waals surface area contributed by atoms with Gasteiger partial charge in [-0.2, -0.15) is 9.79 Å². The molecule has 0 radical (unpaired) electrons. The van der Waals surface area contributed by atoms with Gasteiger partial charge in [0, 0.05) is 11.8 Å². The van der Waals surface area contributed by atoms with Crippen LogP contribution in [0, 0.1) is 0 Å². The fraction of sp³-hybridized carbons (Fsp3) is 0. The molecule has 0 spiro atoms. The molecule has 3 nitrogen and oxygen atoms in total. The minimum absolute atomic E-state index is 0. The van der Waals surface area contributed by atoms with E-state index >= 15 is 0 Å². The number of pyridine rings is 1. The number of hydrogen-bond donors (Lipinski definition) is 0. The third kappa shape index (κ3) is 5.09. The number of benzene rings is 3. The summed E-state index contributed by atoms with van der Waals surface area (Å²) in [6.45, 7) is 0. The van der Waals surface area contributed by atoms with E-state index in [9.17, 15) is 0 Å². The van der Waals surface area contributed by atoms with Crippen molar-refractivity contribution in [3.05, 3.63) is 97.2 Å².